The van der Waals surface area contributed by atoms with E-state index >= 15 is 0 Å². The van der Waals surface area contributed by atoms with Gasteiger partial charge >= 0.3 is 6.09 Å². The molecular weight excluding hydrogens is 458 g/mol. The van der Waals surface area contributed by atoms with Crippen molar-refractivity contribution in [2.24, 2.45) is 11.8 Å². The predicted molar refractivity (Wildman–Crippen MR) is 142 cm³/mol. The number of carbonyl (C=O) groups excluding carboxylic acids is 2. The summed E-state index contributed by atoms with van der Waals surface area (Å²) in [6, 6.07) is 8.25. The molecule has 4 rings (SSSR count). The van der Waals surface area contributed by atoms with Crippen LogP contribution in [-0.4, -0.2) is 58.1 Å². The van der Waals surface area contributed by atoms with Gasteiger partial charge in [0.25, 0.3) is 0 Å². The van der Waals surface area contributed by atoms with Gasteiger partial charge < -0.3 is 14.5 Å². The fraction of sp³-hybridized carbons (Fsp3) is 0.607. The number of allylic oxidation sites excluding steroid dienone is 2. The van der Waals surface area contributed by atoms with Crippen molar-refractivity contribution in [3.05, 3.63) is 41.4 Å². The predicted octanol–water partition coefficient (Wildman–Crippen LogP) is 6.23. The zero-order valence-electron chi connectivity index (χ0n) is 21.7. The minimum Gasteiger partial charge on any atom is -0.444 e. The molecule has 1 aliphatic carbocycles. The van der Waals surface area contributed by atoms with Crippen LogP contribution in [-0.2, 0) is 9.53 Å². The van der Waals surface area contributed by atoms with E-state index in [1.54, 1.807) is 11.3 Å². The number of aromatic nitrogens is 1. The summed E-state index contributed by atoms with van der Waals surface area (Å²) < 4.78 is 6.83. The molecule has 2 aliphatic rings. The third kappa shape index (κ3) is 6.24. The highest BCUT2D eigenvalue weighted by Gasteiger charge is 2.37. The van der Waals surface area contributed by atoms with Gasteiger partial charge in [-0.1, -0.05) is 24.3 Å². The molecule has 1 aliphatic heterocycles. The second kappa shape index (κ2) is 10.7. The summed E-state index contributed by atoms with van der Waals surface area (Å²) in [6.45, 7) is 11.8. The molecule has 3 unspecified atom stereocenters. The van der Waals surface area contributed by atoms with Crippen LogP contribution in [0.5, 0.6) is 0 Å². The molecule has 190 valence electrons. The Morgan fingerprint density at radius 2 is 1.94 bits per heavy atom. The van der Waals surface area contributed by atoms with Gasteiger partial charge in [-0.25, -0.2) is 9.78 Å². The van der Waals surface area contributed by atoms with E-state index in [1.165, 1.54) is 4.70 Å². The van der Waals surface area contributed by atoms with Crippen molar-refractivity contribution in [1.82, 2.24) is 14.8 Å². The van der Waals surface area contributed by atoms with Gasteiger partial charge in [0.15, 0.2) is 0 Å². The minimum atomic E-state index is -0.525. The van der Waals surface area contributed by atoms with Gasteiger partial charge in [0.2, 0.25) is 5.91 Å². The molecule has 0 spiro atoms. The quantitative estimate of drug-likeness (QED) is 0.459. The standard InChI is InChI=1S/C28H39N3O3S/c1-19(2)31(27(33)34-28(3,4)5)18-20-11-10-16-30(17-20)26(32)22-13-7-6-12-21(22)25-29-23-14-8-9-15-24(23)35-25/h6-9,14-15,19-22H,10-13,16-18H2,1-5H3. The summed E-state index contributed by atoms with van der Waals surface area (Å²) in [6.07, 6.45) is 7.66. The van der Waals surface area contributed by atoms with Crippen LogP contribution in [0.1, 0.15) is 71.2 Å². The SMILES string of the molecule is CC(C)N(CC1CCCN(C(=O)C2CC=CCC2c2nc3ccccc3s2)C1)C(=O)OC(C)(C)C. The Hall–Kier alpha value is -2.41. The highest BCUT2D eigenvalue weighted by molar-refractivity contribution is 7.18. The molecule has 6 nitrogen and oxygen atoms in total. The highest BCUT2D eigenvalue weighted by atomic mass is 32.1. The lowest BCUT2D eigenvalue weighted by molar-refractivity contribution is -0.138. The number of thiazole rings is 1. The first-order valence-corrected chi connectivity index (χ1v) is 13.7. The molecule has 2 amide bonds. The third-order valence-corrected chi connectivity index (χ3v) is 8.08. The number of rotatable bonds is 5. The van der Waals surface area contributed by atoms with Crippen LogP contribution in [0.4, 0.5) is 4.79 Å². The van der Waals surface area contributed by atoms with Gasteiger partial charge in [0.05, 0.1) is 21.1 Å². The van der Waals surface area contributed by atoms with E-state index in [0.717, 1.165) is 42.8 Å². The molecule has 2 aromatic rings. The topological polar surface area (TPSA) is 62.7 Å². The van der Waals surface area contributed by atoms with Crippen molar-refractivity contribution in [3.8, 4) is 0 Å². The van der Waals surface area contributed by atoms with E-state index in [0.29, 0.717) is 13.1 Å². The van der Waals surface area contributed by atoms with Crippen molar-refractivity contribution < 1.29 is 14.3 Å². The lowest BCUT2D eigenvalue weighted by atomic mass is 9.81. The Morgan fingerprint density at radius 1 is 1.20 bits per heavy atom. The number of ether oxygens (including phenoxy) is 1. The van der Waals surface area contributed by atoms with E-state index < -0.39 is 5.60 Å². The number of likely N-dealkylation sites (tertiary alicyclic amines) is 1. The van der Waals surface area contributed by atoms with Gasteiger partial charge in [0.1, 0.15) is 5.60 Å². The third-order valence-electron chi connectivity index (χ3n) is 6.91. The number of piperidine rings is 1. The van der Waals surface area contributed by atoms with Gasteiger partial charge in [-0.3, -0.25) is 4.79 Å². The maximum absolute atomic E-state index is 13.8. The van der Waals surface area contributed by atoms with E-state index in [1.807, 2.05) is 62.6 Å². The lowest BCUT2D eigenvalue weighted by Gasteiger charge is -2.39. The van der Waals surface area contributed by atoms with E-state index in [-0.39, 0.29) is 35.8 Å². The number of amides is 2. The Kier molecular flexibility index (Phi) is 7.84. The molecule has 1 aromatic carbocycles. The van der Waals surface area contributed by atoms with E-state index in [4.69, 9.17) is 9.72 Å². The van der Waals surface area contributed by atoms with Crippen LogP contribution in [0.25, 0.3) is 10.2 Å². The highest BCUT2D eigenvalue weighted by Crippen LogP contribution is 2.40. The zero-order chi connectivity index (χ0) is 25.2. The monoisotopic (exact) mass is 497 g/mol. The zero-order valence-corrected chi connectivity index (χ0v) is 22.5. The number of carbonyl (C=O) groups is 2. The largest absolute Gasteiger partial charge is 0.444 e. The number of fused-ring (bicyclic) bond motifs is 1. The molecule has 1 aromatic heterocycles. The first kappa shape index (κ1) is 25.7. The Balaban J connectivity index is 1.45. The maximum atomic E-state index is 13.8. The van der Waals surface area contributed by atoms with Crippen molar-refractivity contribution >= 4 is 33.6 Å². The maximum Gasteiger partial charge on any atom is 0.410 e. The number of para-hydroxylation sites is 1. The van der Waals surface area contributed by atoms with E-state index in [9.17, 15) is 9.59 Å². The van der Waals surface area contributed by atoms with Crippen LogP contribution in [0, 0.1) is 11.8 Å². The van der Waals surface area contributed by atoms with Crippen molar-refractivity contribution in [2.75, 3.05) is 19.6 Å². The Morgan fingerprint density at radius 3 is 2.66 bits per heavy atom. The number of hydrogen-bond acceptors (Lipinski definition) is 5. The summed E-state index contributed by atoms with van der Waals surface area (Å²) >= 11 is 1.72. The number of hydrogen-bond donors (Lipinski definition) is 0. The normalized spacial score (nSPS) is 23.0. The fourth-order valence-corrected chi connectivity index (χ4v) is 6.30. The molecule has 0 bridgehead atoms. The molecule has 1 fully saturated rings. The smallest absolute Gasteiger partial charge is 0.410 e. The van der Waals surface area contributed by atoms with Crippen molar-refractivity contribution in [3.63, 3.8) is 0 Å². The second-order valence-electron chi connectivity index (χ2n) is 11.2. The first-order valence-electron chi connectivity index (χ1n) is 12.9. The molecule has 7 heteroatoms. The Labute approximate surface area is 213 Å². The van der Waals surface area contributed by atoms with Crippen LogP contribution in [0.3, 0.4) is 0 Å². The molecule has 3 atom stereocenters. The molecular formula is C28H39N3O3S. The van der Waals surface area contributed by atoms with Gasteiger partial charge in [0, 0.05) is 31.6 Å². The molecule has 1 saturated heterocycles. The van der Waals surface area contributed by atoms with Gasteiger partial charge in [-0.2, -0.15) is 0 Å². The summed E-state index contributed by atoms with van der Waals surface area (Å²) in [4.78, 5) is 35.4. The van der Waals surface area contributed by atoms with Gasteiger partial charge in [-0.15, -0.1) is 11.3 Å². The van der Waals surface area contributed by atoms with Gasteiger partial charge in [-0.05, 0) is 78.4 Å². The second-order valence-corrected chi connectivity index (χ2v) is 12.3. The van der Waals surface area contributed by atoms with Crippen LogP contribution in [0.15, 0.2) is 36.4 Å². The summed E-state index contributed by atoms with van der Waals surface area (Å²) in [5.41, 5.74) is 0.491. The summed E-state index contributed by atoms with van der Waals surface area (Å²) in [5, 5.41) is 1.07. The van der Waals surface area contributed by atoms with Crippen molar-refractivity contribution in [1.29, 1.82) is 0 Å². The van der Waals surface area contributed by atoms with E-state index in [2.05, 4.69) is 18.2 Å². The van der Waals surface area contributed by atoms with Crippen molar-refractivity contribution in [2.45, 2.75) is 77.9 Å². The number of nitrogens with zero attached hydrogens (tertiary/aromatic N) is 3. The average molecular weight is 498 g/mol. The molecule has 0 radical (unpaired) electrons. The van der Waals surface area contributed by atoms with Crippen LogP contribution < -0.4 is 0 Å². The summed E-state index contributed by atoms with van der Waals surface area (Å²) in [7, 11) is 0. The number of benzene rings is 1. The molecule has 0 N–H and O–H groups in total. The fourth-order valence-electron chi connectivity index (χ4n) is 5.15. The first-order chi connectivity index (χ1) is 16.6. The summed E-state index contributed by atoms with van der Waals surface area (Å²) in [5.74, 6) is 0.532. The molecule has 35 heavy (non-hydrogen) atoms. The minimum absolute atomic E-state index is 0.0443. The Bertz CT molecular complexity index is 1040. The van der Waals surface area contributed by atoms with Crippen LogP contribution >= 0.6 is 11.3 Å². The molecule has 2 heterocycles. The molecule has 0 saturated carbocycles. The van der Waals surface area contributed by atoms with Crippen LogP contribution in [0.2, 0.25) is 0 Å². The lowest BCUT2D eigenvalue weighted by Crippen LogP contribution is -2.49. The average Bonchev–Trinajstić information content (AvgIpc) is 3.25.